The maximum Gasteiger partial charge on any atom is 0.387 e. The van der Waals surface area contributed by atoms with E-state index >= 15 is 0 Å². The van der Waals surface area contributed by atoms with Gasteiger partial charge in [-0.05, 0) is 30.0 Å². The maximum atomic E-state index is 12.3. The Morgan fingerprint density at radius 1 is 1.24 bits per heavy atom. The molecule has 1 heterocycles. The zero-order valence-electron chi connectivity index (χ0n) is 10.7. The lowest BCUT2D eigenvalue weighted by molar-refractivity contribution is -0.645. The van der Waals surface area contributed by atoms with Gasteiger partial charge in [0.15, 0.2) is 12.0 Å². The topological polar surface area (TPSA) is 53.2 Å². The van der Waals surface area contributed by atoms with E-state index in [2.05, 4.69) is 4.74 Å². The Labute approximate surface area is 123 Å². The predicted octanol–water partition coefficient (Wildman–Crippen LogP) is 2.90. The molecule has 0 aliphatic heterocycles. The van der Waals surface area contributed by atoms with Gasteiger partial charge in [0, 0.05) is 12.1 Å². The van der Waals surface area contributed by atoms with Crippen LogP contribution in [-0.2, 0) is 0 Å². The highest BCUT2D eigenvalue weighted by Gasteiger charge is 2.17. The highest BCUT2D eigenvalue weighted by Crippen LogP contribution is 2.23. The highest BCUT2D eigenvalue weighted by molar-refractivity contribution is 7.99. The first kappa shape index (κ1) is 15.2. The fourth-order valence-electron chi connectivity index (χ4n) is 1.64. The summed E-state index contributed by atoms with van der Waals surface area (Å²) in [6, 6.07) is 10.6. The molecule has 2 rings (SSSR count). The standard InChI is InChI=1S/C14H11F2NO3S/c15-14(16)20-12-6-2-1-5-10(12)11(18)9-21-13-7-3-4-8-17(13)19/h1-8,14H,9H2. The number of ketones is 1. The Bertz CT molecular complexity index is 637. The smallest absolute Gasteiger partial charge is 0.387 e. The molecule has 110 valence electrons. The molecule has 0 N–H and O–H groups in total. The summed E-state index contributed by atoms with van der Waals surface area (Å²) in [6.07, 6.45) is 1.32. The Balaban J connectivity index is 2.09. The van der Waals surface area contributed by atoms with Crippen LogP contribution in [0, 0.1) is 5.21 Å². The van der Waals surface area contributed by atoms with Crippen molar-refractivity contribution in [1.29, 1.82) is 0 Å². The predicted molar refractivity (Wildman–Crippen MR) is 73.5 cm³/mol. The summed E-state index contributed by atoms with van der Waals surface area (Å²) >= 11 is 1.04. The molecule has 0 spiro atoms. The van der Waals surface area contributed by atoms with Crippen LogP contribution in [-0.4, -0.2) is 18.1 Å². The second-order valence-corrected chi connectivity index (χ2v) is 4.95. The summed E-state index contributed by atoms with van der Waals surface area (Å²) in [5.74, 6) is -0.600. The van der Waals surface area contributed by atoms with Gasteiger partial charge in [0.1, 0.15) is 5.75 Å². The van der Waals surface area contributed by atoms with Crippen LogP contribution in [0.2, 0.25) is 0 Å². The van der Waals surface area contributed by atoms with Gasteiger partial charge in [-0.25, -0.2) is 0 Å². The molecule has 0 unspecified atom stereocenters. The van der Waals surface area contributed by atoms with E-state index in [-0.39, 0.29) is 22.8 Å². The zero-order valence-corrected chi connectivity index (χ0v) is 11.6. The Morgan fingerprint density at radius 3 is 2.67 bits per heavy atom. The molecule has 1 aromatic carbocycles. The first-order chi connectivity index (χ1) is 10.1. The summed E-state index contributed by atoms with van der Waals surface area (Å²) in [5.41, 5.74) is 0.0682. The molecule has 0 aliphatic rings. The molecular weight excluding hydrogens is 300 g/mol. The Kier molecular flexibility index (Phi) is 5.10. The Hall–Kier alpha value is -2.15. The average Bonchev–Trinajstić information content (AvgIpc) is 2.46. The SMILES string of the molecule is O=C(CSc1cccc[n+]1[O-])c1ccccc1OC(F)F. The van der Waals surface area contributed by atoms with Gasteiger partial charge < -0.3 is 9.94 Å². The van der Waals surface area contributed by atoms with Crippen molar-refractivity contribution in [2.24, 2.45) is 0 Å². The number of alkyl halides is 2. The number of rotatable bonds is 6. The number of nitrogens with zero attached hydrogens (tertiary/aromatic N) is 1. The number of aromatic nitrogens is 1. The average molecular weight is 311 g/mol. The number of ether oxygens (including phenoxy) is 1. The van der Waals surface area contributed by atoms with Gasteiger partial charge in [-0.3, -0.25) is 4.79 Å². The molecule has 0 atom stereocenters. The Morgan fingerprint density at radius 2 is 1.95 bits per heavy atom. The molecule has 0 saturated heterocycles. The van der Waals surface area contributed by atoms with Crippen molar-refractivity contribution in [3.8, 4) is 5.75 Å². The number of carbonyl (C=O) groups excluding carboxylic acids is 1. The van der Waals surface area contributed by atoms with Crippen LogP contribution in [0.3, 0.4) is 0 Å². The van der Waals surface area contributed by atoms with E-state index in [1.54, 1.807) is 24.3 Å². The number of halogens is 2. The lowest BCUT2D eigenvalue weighted by Crippen LogP contribution is -2.28. The van der Waals surface area contributed by atoms with E-state index in [1.165, 1.54) is 24.4 Å². The van der Waals surface area contributed by atoms with Gasteiger partial charge in [0.25, 0.3) is 5.03 Å². The van der Waals surface area contributed by atoms with Crippen LogP contribution in [0.1, 0.15) is 10.4 Å². The molecule has 0 bridgehead atoms. The summed E-state index contributed by atoms with van der Waals surface area (Å²) in [7, 11) is 0. The minimum Gasteiger partial charge on any atom is -0.618 e. The second-order valence-electron chi connectivity index (χ2n) is 3.95. The third-order valence-electron chi connectivity index (χ3n) is 2.54. The van der Waals surface area contributed by atoms with E-state index in [4.69, 9.17) is 0 Å². The van der Waals surface area contributed by atoms with E-state index in [9.17, 15) is 18.8 Å². The molecule has 21 heavy (non-hydrogen) atoms. The molecule has 0 saturated carbocycles. The first-order valence-electron chi connectivity index (χ1n) is 5.96. The maximum absolute atomic E-state index is 12.3. The quantitative estimate of drug-likeness (QED) is 0.356. The number of hydrogen-bond acceptors (Lipinski definition) is 4. The molecule has 1 aromatic heterocycles. The normalized spacial score (nSPS) is 10.6. The second kappa shape index (κ2) is 7.03. The van der Waals surface area contributed by atoms with Crippen molar-refractivity contribution in [2.45, 2.75) is 11.6 Å². The lowest BCUT2D eigenvalue weighted by Gasteiger charge is -2.09. The van der Waals surface area contributed by atoms with Gasteiger partial charge in [0.05, 0.1) is 11.3 Å². The van der Waals surface area contributed by atoms with Crippen molar-refractivity contribution in [1.82, 2.24) is 0 Å². The molecule has 0 radical (unpaired) electrons. The van der Waals surface area contributed by atoms with E-state index in [1.807, 2.05) is 0 Å². The van der Waals surface area contributed by atoms with Gasteiger partial charge in [-0.1, -0.05) is 12.1 Å². The molecule has 7 heteroatoms. The van der Waals surface area contributed by atoms with Crippen LogP contribution in [0.4, 0.5) is 8.78 Å². The lowest BCUT2D eigenvalue weighted by atomic mass is 10.1. The van der Waals surface area contributed by atoms with Crippen LogP contribution in [0.5, 0.6) is 5.75 Å². The summed E-state index contributed by atoms with van der Waals surface area (Å²) in [4.78, 5) is 12.1. The molecule has 0 amide bonds. The van der Waals surface area contributed by atoms with Crippen LogP contribution >= 0.6 is 11.8 Å². The van der Waals surface area contributed by atoms with Gasteiger partial charge in [-0.2, -0.15) is 13.5 Å². The van der Waals surface area contributed by atoms with Crippen LogP contribution in [0.15, 0.2) is 53.7 Å². The number of thioether (sulfide) groups is 1. The minimum atomic E-state index is -3.00. The van der Waals surface area contributed by atoms with Gasteiger partial charge in [0.2, 0.25) is 0 Å². The molecule has 0 fully saturated rings. The van der Waals surface area contributed by atoms with Crippen molar-refractivity contribution in [2.75, 3.05) is 5.75 Å². The largest absolute Gasteiger partial charge is 0.618 e. The molecular formula is C14H11F2NO3S. The minimum absolute atomic E-state index is 0.0458. The van der Waals surface area contributed by atoms with Crippen molar-refractivity contribution < 1.29 is 23.0 Å². The molecule has 0 aliphatic carbocycles. The third-order valence-corrected chi connectivity index (χ3v) is 3.56. The number of Topliss-reactive ketones (excluding diaryl/α,β-unsaturated/α-hetero) is 1. The van der Waals surface area contributed by atoms with E-state index in [0.29, 0.717) is 9.76 Å². The zero-order chi connectivity index (χ0) is 15.2. The van der Waals surface area contributed by atoms with Crippen molar-refractivity contribution in [3.05, 3.63) is 59.4 Å². The fourth-order valence-corrected chi connectivity index (χ4v) is 2.43. The first-order valence-corrected chi connectivity index (χ1v) is 6.94. The number of pyridine rings is 1. The third kappa shape index (κ3) is 4.16. The van der Waals surface area contributed by atoms with Gasteiger partial charge in [-0.15, -0.1) is 0 Å². The number of para-hydroxylation sites is 1. The van der Waals surface area contributed by atoms with E-state index in [0.717, 1.165) is 11.8 Å². The van der Waals surface area contributed by atoms with Crippen LogP contribution < -0.4 is 9.47 Å². The molecule has 4 nitrogen and oxygen atoms in total. The summed E-state index contributed by atoms with van der Waals surface area (Å²) in [5, 5.41) is 11.8. The van der Waals surface area contributed by atoms with Crippen LogP contribution in [0.25, 0.3) is 0 Å². The molecule has 2 aromatic rings. The summed E-state index contributed by atoms with van der Waals surface area (Å²) < 4.78 is 29.5. The monoisotopic (exact) mass is 311 g/mol. The number of benzene rings is 1. The fraction of sp³-hybridized carbons (Fsp3) is 0.143. The van der Waals surface area contributed by atoms with Gasteiger partial charge >= 0.3 is 6.61 Å². The summed E-state index contributed by atoms with van der Waals surface area (Å²) in [6.45, 7) is -3.00. The van der Waals surface area contributed by atoms with Crippen molar-refractivity contribution in [3.63, 3.8) is 0 Å². The van der Waals surface area contributed by atoms with Crippen molar-refractivity contribution >= 4 is 17.5 Å². The van der Waals surface area contributed by atoms with E-state index < -0.39 is 6.61 Å². The number of hydrogen-bond donors (Lipinski definition) is 0. The number of carbonyl (C=O) groups is 1. The highest BCUT2D eigenvalue weighted by atomic mass is 32.2.